The van der Waals surface area contributed by atoms with Gasteiger partial charge in [-0.25, -0.2) is 4.99 Å². The van der Waals surface area contributed by atoms with Gasteiger partial charge in [0.15, 0.2) is 5.17 Å². The van der Waals surface area contributed by atoms with Gasteiger partial charge < -0.3 is 0 Å². The summed E-state index contributed by atoms with van der Waals surface area (Å²) in [7, 11) is 0. The number of para-hydroxylation sites is 1. The van der Waals surface area contributed by atoms with Gasteiger partial charge >= 0.3 is 0 Å². The zero-order valence-corrected chi connectivity index (χ0v) is 16.3. The highest BCUT2D eigenvalue weighted by atomic mass is 35.5. The van der Waals surface area contributed by atoms with Gasteiger partial charge in [-0.1, -0.05) is 59.1 Å². The zero-order valence-electron chi connectivity index (χ0n) is 13.2. The van der Waals surface area contributed by atoms with E-state index in [9.17, 15) is 4.79 Å². The Kier molecular flexibility index (Phi) is 5.74. The second-order valence-electron chi connectivity index (χ2n) is 5.15. The topological polar surface area (TPSA) is 32.7 Å². The first-order chi connectivity index (χ1) is 12.0. The molecule has 3 rings (SSSR count). The third-order valence-corrected chi connectivity index (χ3v) is 5.70. The van der Waals surface area contributed by atoms with Crippen molar-refractivity contribution < 1.29 is 4.79 Å². The Morgan fingerprint density at radius 3 is 2.52 bits per heavy atom. The maximum atomic E-state index is 12.7. The maximum absolute atomic E-state index is 12.7. The van der Waals surface area contributed by atoms with Crippen molar-refractivity contribution in [1.29, 1.82) is 0 Å². The van der Waals surface area contributed by atoms with Crippen LogP contribution in [-0.2, 0) is 4.79 Å². The van der Waals surface area contributed by atoms with Crippen molar-refractivity contribution in [2.24, 2.45) is 4.99 Å². The van der Waals surface area contributed by atoms with Crippen LogP contribution in [0, 0.1) is 0 Å². The minimum atomic E-state index is -0.116. The minimum absolute atomic E-state index is 0.116. The van der Waals surface area contributed by atoms with Crippen molar-refractivity contribution in [1.82, 2.24) is 4.90 Å². The van der Waals surface area contributed by atoms with Gasteiger partial charge in [0.25, 0.3) is 5.91 Å². The fourth-order valence-corrected chi connectivity index (χ4v) is 3.88. The van der Waals surface area contributed by atoms with E-state index in [-0.39, 0.29) is 5.91 Å². The predicted molar refractivity (Wildman–Crippen MR) is 108 cm³/mol. The number of thioether (sulfide) groups is 1. The molecular weight excluding hydrogens is 399 g/mol. The molecule has 0 atom stereocenters. The Labute approximate surface area is 165 Å². The molecule has 1 saturated heterocycles. The van der Waals surface area contributed by atoms with E-state index >= 15 is 0 Å². The van der Waals surface area contributed by atoms with Crippen LogP contribution < -0.4 is 0 Å². The molecule has 3 nitrogen and oxygen atoms in total. The first kappa shape index (κ1) is 18.3. The monoisotopic (exact) mass is 410 g/mol. The van der Waals surface area contributed by atoms with Gasteiger partial charge in [0.2, 0.25) is 0 Å². The van der Waals surface area contributed by atoms with Crippen LogP contribution in [0.2, 0.25) is 15.1 Å². The van der Waals surface area contributed by atoms with Crippen LogP contribution in [0.15, 0.2) is 52.4 Å². The number of benzene rings is 2. The van der Waals surface area contributed by atoms with Crippen LogP contribution >= 0.6 is 46.6 Å². The molecule has 1 fully saturated rings. The molecule has 1 aliphatic heterocycles. The first-order valence-electron chi connectivity index (χ1n) is 7.50. The number of amidine groups is 1. The predicted octanol–water partition coefficient (Wildman–Crippen LogP) is 6.27. The Balaban J connectivity index is 1.99. The van der Waals surface area contributed by atoms with Crippen molar-refractivity contribution in [3.63, 3.8) is 0 Å². The van der Waals surface area contributed by atoms with Crippen molar-refractivity contribution in [3.8, 4) is 0 Å². The summed E-state index contributed by atoms with van der Waals surface area (Å²) in [4.78, 5) is 19.4. The first-order valence-corrected chi connectivity index (χ1v) is 9.45. The van der Waals surface area contributed by atoms with Gasteiger partial charge in [0.05, 0.1) is 25.7 Å². The third-order valence-electron chi connectivity index (χ3n) is 3.54. The summed E-state index contributed by atoms with van der Waals surface area (Å²) in [6.07, 6.45) is 1.74. The van der Waals surface area contributed by atoms with E-state index in [1.807, 2.05) is 31.2 Å². The van der Waals surface area contributed by atoms with Crippen molar-refractivity contribution in [2.75, 3.05) is 6.54 Å². The molecule has 1 aliphatic rings. The fourth-order valence-electron chi connectivity index (χ4n) is 2.29. The molecule has 0 radical (unpaired) electrons. The molecule has 0 N–H and O–H groups in total. The van der Waals surface area contributed by atoms with E-state index in [0.29, 0.717) is 42.9 Å². The maximum Gasteiger partial charge on any atom is 0.266 e. The lowest BCUT2D eigenvalue weighted by molar-refractivity contribution is -0.122. The lowest BCUT2D eigenvalue weighted by Crippen LogP contribution is -2.28. The molecule has 7 heteroatoms. The third kappa shape index (κ3) is 3.87. The van der Waals surface area contributed by atoms with Gasteiger partial charge in [-0.2, -0.15) is 0 Å². The van der Waals surface area contributed by atoms with Gasteiger partial charge in [-0.3, -0.25) is 9.69 Å². The van der Waals surface area contributed by atoms with Gasteiger partial charge in [0.1, 0.15) is 0 Å². The molecule has 2 aromatic carbocycles. The van der Waals surface area contributed by atoms with Crippen LogP contribution in [-0.4, -0.2) is 22.5 Å². The highest BCUT2D eigenvalue weighted by Crippen LogP contribution is 2.37. The summed E-state index contributed by atoms with van der Waals surface area (Å²) in [6, 6.07) is 12.6. The van der Waals surface area contributed by atoms with Crippen molar-refractivity contribution in [3.05, 3.63) is 68.0 Å². The Morgan fingerprint density at radius 2 is 1.80 bits per heavy atom. The summed E-state index contributed by atoms with van der Waals surface area (Å²) >= 11 is 19.7. The molecule has 2 aromatic rings. The lowest BCUT2D eigenvalue weighted by Gasteiger charge is -2.12. The number of amides is 1. The lowest BCUT2D eigenvalue weighted by atomic mass is 10.2. The van der Waals surface area contributed by atoms with Crippen molar-refractivity contribution >= 4 is 69.4 Å². The summed E-state index contributed by atoms with van der Waals surface area (Å²) in [5.74, 6) is -0.116. The largest absolute Gasteiger partial charge is 0.287 e. The number of rotatable bonds is 3. The van der Waals surface area contributed by atoms with E-state index < -0.39 is 0 Å². The molecule has 0 unspecified atom stereocenters. The molecule has 0 aromatic heterocycles. The SMILES string of the molecule is CCN1C(=O)/C(=C\c2cccc(Cl)c2Cl)SC1=Nc1ccccc1Cl. The Bertz CT molecular complexity index is 896. The van der Waals surface area contributed by atoms with E-state index in [4.69, 9.17) is 34.8 Å². The molecule has 0 bridgehead atoms. The average molecular weight is 412 g/mol. The smallest absolute Gasteiger partial charge is 0.266 e. The van der Waals surface area contributed by atoms with Gasteiger partial charge in [-0.15, -0.1) is 0 Å². The number of hydrogen-bond donors (Lipinski definition) is 0. The van der Waals surface area contributed by atoms with E-state index in [1.165, 1.54) is 11.8 Å². The van der Waals surface area contributed by atoms with E-state index in [1.54, 1.807) is 29.2 Å². The van der Waals surface area contributed by atoms with Crippen LogP contribution in [0.25, 0.3) is 6.08 Å². The number of aliphatic imine (C=N–C) groups is 1. The number of carbonyl (C=O) groups is 1. The quantitative estimate of drug-likeness (QED) is 0.557. The minimum Gasteiger partial charge on any atom is -0.287 e. The summed E-state index contributed by atoms with van der Waals surface area (Å²) in [6.45, 7) is 2.41. The standard InChI is InChI=1S/C18H13Cl3N2OS/c1-2-23-17(24)15(10-11-6-5-8-13(20)16(11)21)25-18(23)22-14-9-4-3-7-12(14)19/h3-10H,2H2,1H3/b15-10+,22-18?. The number of hydrogen-bond acceptors (Lipinski definition) is 3. The summed E-state index contributed by atoms with van der Waals surface area (Å²) in [5, 5.41) is 1.99. The number of carbonyl (C=O) groups excluding carboxylic acids is 1. The molecule has 128 valence electrons. The van der Waals surface area contributed by atoms with E-state index in [0.717, 1.165) is 0 Å². The molecular formula is C18H13Cl3N2OS. The van der Waals surface area contributed by atoms with Crippen LogP contribution in [0.4, 0.5) is 5.69 Å². The second-order valence-corrected chi connectivity index (χ2v) is 7.35. The Hall–Kier alpha value is -1.46. The van der Waals surface area contributed by atoms with E-state index in [2.05, 4.69) is 4.99 Å². The average Bonchev–Trinajstić information content (AvgIpc) is 2.89. The molecule has 1 amide bonds. The van der Waals surface area contributed by atoms with Crippen LogP contribution in [0.1, 0.15) is 12.5 Å². The number of nitrogens with zero attached hydrogens (tertiary/aromatic N) is 2. The Morgan fingerprint density at radius 1 is 1.08 bits per heavy atom. The fraction of sp³-hybridized carbons (Fsp3) is 0.111. The molecule has 0 spiro atoms. The number of likely N-dealkylation sites (N-methyl/N-ethyl adjacent to an activating group) is 1. The highest BCUT2D eigenvalue weighted by molar-refractivity contribution is 8.18. The molecule has 0 aliphatic carbocycles. The molecule has 0 saturated carbocycles. The second kappa shape index (κ2) is 7.83. The normalized spacial score (nSPS) is 17.8. The highest BCUT2D eigenvalue weighted by Gasteiger charge is 2.32. The summed E-state index contributed by atoms with van der Waals surface area (Å²) in [5.41, 5.74) is 1.32. The number of halogens is 3. The van der Waals surface area contributed by atoms with Gasteiger partial charge in [0, 0.05) is 6.54 Å². The zero-order chi connectivity index (χ0) is 18.0. The van der Waals surface area contributed by atoms with Crippen LogP contribution in [0.5, 0.6) is 0 Å². The van der Waals surface area contributed by atoms with Gasteiger partial charge in [-0.05, 0) is 48.5 Å². The molecule has 25 heavy (non-hydrogen) atoms. The van der Waals surface area contributed by atoms with Crippen LogP contribution in [0.3, 0.4) is 0 Å². The molecule has 1 heterocycles. The summed E-state index contributed by atoms with van der Waals surface area (Å²) < 4.78 is 0. The van der Waals surface area contributed by atoms with Crippen molar-refractivity contribution in [2.45, 2.75) is 6.92 Å².